The number of methoxy groups -OCH3 is 1. The smallest absolute Gasteiger partial charge is 0.262 e. The average molecular weight is 306 g/mol. The first-order valence-electron chi connectivity index (χ1n) is 7.15. The second kappa shape index (κ2) is 5.24. The number of para-hydroxylation sites is 1. The van der Waals surface area contributed by atoms with Crippen LogP contribution in [0.25, 0.3) is 33.9 Å². The number of benzene rings is 2. The average Bonchev–Trinajstić information content (AvgIpc) is 3.22. The summed E-state index contributed by atoms with van der Waals surface area (Å²) >= 11 is 0. The highest BCUT2D eigenvalue weighted by Crippen LogP contribution is 2.30. The molecular weight excluding hydrogens is 292 g/mol. The fourth-order valence-corrected chi connectivity index (χ4v) is 2.54. The van der Waals surface area contributed by atoms with Crippen molar-refractivity contribution >= 4 is 11.0 Å². The summed E-state index contributed by atoms with van der Waals surface area (Å²) in [6, 6.07) is 13.4. The van der Waals surface area contributed by atoms with Gasteiger partial charge in [-0.15, -0.1) is 0 Å². The first kappa shape index (κ1) is 13.5. The lowest BCUT2D eigenvalue weighted by molar-refractivity contribution is 0.405. The summed E-state index contributed by atoms with van der Waals surface area (Å²) in [5.74, 6) is 1.67. The molecule has 114 valence electrons. The Balaban J connectivity index is 1.78. The van der Waals surface area contributed by atoms with Crippen LogP contribution in [0, 0.1) is 0 Å². The van der Waals surface area contributed by atoms with Crippen molar-refractivity contribution in [2.75, 3.05) is 7.11 Å². The van der Waals surface area contributed by atoms with E-state index < -0.39 is 0 Å². The van der Waals surface area contributed by atoms with Crippen LogP contribution in [0.4, 0.5) is 0 Å². The monoisotopic (exact) mass is 306 g/mol. The Morgan fingerprint density at radius 2 is 2.00 bits per heavy atom. The zero-order chi connectivity index (χ0) is 15.8. The van der Waals surface area contributed by atoms with Gasteiger partial charge in [0, 0.05) is 12.6 Å². The molecule has 0 saturated carbocycles. The van der Waals surface area contributed by atoms with Crippen molar-refractivity contribution in [3.8, 4) is 28.6 Å². The first-order valence-corrected chi connectivity index (χ1v) is 7.15. The number of fused-ring (bicyclic) bond motifs is 1. The van der Waals surface area contributed by atoms with Crippen molar-refractivity contribution in [1.29, 1.82) is 0 Å². The van der Waals surface area contributed by atoms with E-state index in [2.05, 4.69) is 15.1 Å². The third-order valence-corrected chi connectivity index (χ3v) is 3.75. The van der Waals surface area contributed by atoms with Crippen LogP contribution < -0.4 is 4.74 Å². The zero-order valence-electron chi connectivity index (χ0n) is 12.7. The standard InChI is InChI=1S/C17H14N4O2/c1-21-10-18-13-8-7-11(9-14(13)21)16-19-17(23-20-16)12-5-3-4-6-15(12)22-2/h3-10H,1-2H3. The highest BCUT2D eigenvalue weighted by Gasteiger charge is 2.15. The van der Waals surface area contributed by atoms with Crippen molar-refractivity contribution in [3.05, 3.63) is 48.8 Å². The van der Waals surface area contributed by atoms with Crippen molar-refractivity contribution in [3.63, 3.8) is 0 Å². The van der Waals surface area contributed by atoms with E-state index in [4.69, 9.17) is 9.26 Å². The van der Waals surface area contributed by atoms with Gasteiger partial charge in [-0.2, -0.15) is 4.98 Å². The largest absolute Gasteiger partial charge is 0.496 e. The number of aromatic nitrogens is 4. The number of ether oxygens (including phenoxy) is 1. The van der Waals surface area contributed by atoms with E-state index in [0.717, 1.165) is 22.2 Å². The Labute approximate surface area is 132 Å². The molecule has 0 amide bonds. The predicted octanol–water partition coefficient (Wildman–Crippen LogP) is 3.30. The number of aryl methyl sites for hydroxylation is 1. The van der Waals surface area contributed by atoms with Gasteiger partial charge in [0.05, 0.1) is 30.0 Å². The summed E-state index contributed by atoms with van der Waals surface area (Å²) in [6.07, 6.45) is 1.78. The summed E-state index contributed by atoms with van der Waals surface area (Å²) in [5.41, 5.74) is 3.61. The van der Waals surface area contributed by atoms with E-state index >= 15 is 0 Å². The van der Waals surface area contributed by atoms with Crippen LogP contribution in [-0.4, -0.2) is 26.8 Å². The van der Waals surface area contributed by atoms with E-state index in [1.807, 2.05) is 54.1 Å². The summed E-state index contributed by atoms with van der Waals surface area (Å²) in [7, 11) is 3.57. The maximum absolute atomic E-state index is 5.41. The van der Waals surface area contributed by atoms with Gasteiger partial charge in [-0.05, 0) is 30.3 Å². The van der Waals surface area contributed by atoms with Gasteiger partial charge in [0.15, 0.2) is 0 Å². The van der Waals surface area contributed by atoms with Gasteiger partial charge in [-0.25, -0.2) is 4.98 Å². The van der Waals surface area contributed by atoms with Gasteiger partial charge >= 0.3 is 0 Å². The minimum Gasteiger partial charge on any atom is -0.496 e. The van der Waals surface area contributed by atoms with Gasteiger partial charge < -0.3 is 13.8 Å². The first-order chi connectivity index (χ1) is 11.3. The number of imidazole rings is 1. The topological polar surface area (TPSA) is 66.0 Å². The maximum atomic E-state index is 5.41. The van der Waals surface area contributed by atoms with Crippen LogP contribution >= 0.6 is 0 Å². The normalized spacial score (nSPS) is 11.0. The highest BCUT2D eigenvalue weighted by molar-refractivity contribution is 5.80. The van der Waals surface area contributed by atoms with Gasteiger partial charge in [0.2, 0.25) is 5.82 Å². The van der Waals surface area contributed by atoms with Gasteiger partial charge in [0.1, 0.15) is 5.75 Å². The van der Waals surface area contributed by atoms with Crippen LogP contribution in [0.3, 0.4) is 0 Å². The fourth-order valence-electron chi connectivity index (χ4n) is 2.54. The molecule has 2 heterocycles. The number of rotatable bonds is 3. The van der Waals surface area contributed by atoms with Gasteiger partial charge in [0.25, 0.3) is 5.89 Å². The number of hydrogen-bond acceptors (Lipinski definition) is 5. The maximum Gasteiger partial charge on any atom is 0.262 e. The molecule has 0 bridgehead atoms. The zero-order valence-corrected chi connectivity index (χ0v) is 12.7. The van der Waals surface area contributed by atoms with Crippen LogP contribution in [-0.2, 0) is 7.05 Å². The molecule has 4 aromatic rings. The molecule has 4 rings (SSSR count). The molecule has 6 nitrogen and oxygen atoms in total. The second-order valence-corrected chi connectivity index (χ2v) is 5.18. The van der Waals surface area contributed by atoms with Crippen molar-refractivity contribution in [2.45, 2.75) is 0 Å². The number of nitrogens with zero attached hydrogens (tertiary/aromatic N) is 4. The predicted molar refractivity (Wildman–Crippen MR) is 86.0 cm³/mol. The number of hydrogen-bond donors (Lipinski definition) is 0. The summed E-state index contributed by atoms with van der Waals surface area (Å²) in [4.78, 5) is 8.80. The lowest BCUT2D eigenvalue weighted by atomic mass is 10.2. The Hall–Kier alpha value is -3.15. The SMILES string of the molecule is COc1ccccc1-c1nc(-c2ccc3ncn(C)c3c2)no1. The Bertz CT molecular complexity index is 987. The lowest BCUT2D eigenvalue weighted by Gasteiger charge is -2.02. The van der Waals surface area contributed by atoms with E-state index in [-0.39, 0.29) is 0 Å². The molecule has 0 atom stereocenters. The van der Waals surface area contributed by atoms with Crippen molar-refractivity contribution in [2.24, 2.45) is 7.05 Å². The summed E-state index contributed by atoms with van der Waals surface area (Å²) in [5, 5.41) is 4.09. The molecule has 23 heavy (non-hydrogen) atoms. The molecule has 0 saturated heterocycles. The van der Waals surface area contributed by atoms with Crippen LogP contribution in [0.1, 0.15) is 0 Å². The van der Waals surface area contributed by atoms with E-state index in [1.54, 1.807) is 13.4 Å². The Kier molecular flexibility index (Phi) is 3.08. The molecule has 0 aliphatic rings. The molecule has 0 spiro atoms. The molecule has 0 aliphatic heterocycles. The summed E-state index contributed by atoms with van der Waals surface area (Å²) in [6.45, 7) is 0. The molecular formula is C17H14N4O2. The van der Waals surface area contributed by atoms with E-state index in [0.29, 0.717) is 17.5 Å². The molecule has 0 fully saturated rings. The quantitative estimate of drug-likeness (QED) is 0.581. The lowest BCUT2D eigenvalue weighted by Crippen LogP contribution is -1.88. The minimum atomic E-state index is 0.433. The molecule has 6 heteroatoms. The molecule has 2 aromatic heterocycles. The fraction of sp³-hybridized carbons (Fsp3) is 0.118. The van der Waals surface area contributed by atoms with Crippen molar-refractivity contribution in [1.82, 2.24) is 19.7 Å². The second-order valence-electron chi connectivity index (χ2n) is 5.18. The van der Waals surface area contributed by atoms with Crippen molar-refractivity contribution < 1.29 is 9.26 Å². The summed E-state index contributed by atoms with van der Waals surface area (Å²) < 4.78 is 12.7. The third kappa shape index (κ3) is 2.24. The highest BCUT2D eigenvalue weighted by atomic mass is 16.5. The van der Waals surface area contributed by atoms with Gasteiger partial charge in [-0.1, -0.05) is 17.3 Å². The molecule has 0 radical (unpaired) electrons. The molecule has 0 N–H and O–H groups in total. The third-order valence-electron chi connectivity index (χ3n) is 3.75. The Morgan fingerprint density at radius 1 is 1.13 bits per heavy atom. The minimum absolute atomic E-state index is 0.433. The molecule has 2 aromatic carbocycles. The molecule has 0 unspecified atom stereocenters. The van der Waals surface area contributed by atoms with Crippen LogP contribution in [0.15, 0.2) is 53.3 Å². The van der Waals surface area contributed by atoms with Crippen LogP contribution in [0.5, 0.6) is 5.75 Å². The molecule has 0 aliphatic carbocycles. The van der Waals surface area contributed by atoms with Crippen LogP contribution in [0.2, 0.25) is 0 Å². The van der Waals surface area contributed by atoms with E-state index in [9.17, 15) is 0 Å². The van der Waals surface area contributed by atoms with E-state index in [1.165, 1.54) is 0 Å². The van der Waals surface area contributed by atoms with Gasteiger partial charge in [-0.3, -0.25) is 0 Å². The Morgan fingerprint density at radius 3 is 2.87 bits per heavy atom.